The number of rotatable bonds is 4. The molecule has 0 aliphatic heterocycles. The van der Waals surface area contributed by atoms with E-state index in [2.05, 4.69) is 36.9 Å². The Morgan fingerprint density at radius 2 is 1.74 bits per heavy atom. The van der Waals surface area contributed by atoms with E-state index < -0.39 is 0 Å². The highest BCUT2D eigenvalue weighted by Gasteiger charge is 2.22. The second kappa shape index (κ2) is 7.43. The fourth-order valence-corrected chi connectivity index (χ4v) is 4.18. The maximum Gasteiger partial charge on any atom is 0.330 e. The molecular weight excluding hydrogens is 336 g/mol. The van der Waals surface area contributed by atoms with Crippen LogP contribution in [0.5, 0.6) is 5.75 Å². The third-order valence-corrected chi connectivity index (χ3v) is 5.62. The van der Waals surface area contributed by atoms with Crippen molar-refractivity contribution in [2.45, 2.75) is 38.2 Å². The number of allylic oxidation sites excluding steroid dienone is 1. The number of phenols is 1. The van der Waals surface area contributed by atoms with E-state index in [9.17, 15) is 9.90 Å². The molecule has 2 aliphatic carbocycles. The van der Waals surface area contributed by atoms with E-state index in [1.165, 1.54) is 33.9 Å². The number of ether oxygens (including phenoxy) is 1. The van der Waals surface area contributed by atoms with E-state index >= 15 is 0 Å². The standard InChI is InChI=1S/C24H24O3/c1-2-24(26)27-21-9-5-16(6-10-21)3-4-17-7-11-22-18(13-17)14-19-15-20(25)8-12-23(19)22/h2-4,7-8,11-13,15-16,21,25H,1,5-6,9-10,14H2. The van der Waals surface area contributed by atoms with E-state index in [1.54, 1.807) is 6.07 Å². The normalized spacial score (nSPS) is 20.9. The highest BCUT2D eigenvalue weighted by atomic mass is 16.5. The maximum absolute atomic E-state index is 11.3. The molecule has 0 spiro atoms. The predicted octanol–water partition coefficient (Wildman–Crippen LogP) is 5.26. The number of aromatic hydroxyl groups is 1. The average molecular weight is 360 g/mol. The zero-order chi connectivity index (χ0) is 18.8. The largest absolute Gasteiger partial charge is 0.508 e. The van der Waals surface area contributed by atoms with Gasteiger partial charge in [-0.05, 0) is 78.0 Å². The van der Waals surface area contributed by atoms with Crippen molar-refractivity contribution in [3.05, 3.63) is 71.8 Å². The predicted molar refractivity (Wildman–Crippen MR) is 107 cm³/mol. The average Bonchev–Trinajstić information content (AvgIpc) is 3.03. The van der Waals surface area contributed by atoms with E-state index in [0.29, 0.717) is 11.7 Å². The van der Waals surface area contributed by atoms with E-state index in [1.807, 2.05) is 12.1 Å². The summed E-state index contributed by atoms with van der Waals surface area (Å²) in [6, 6.07) is 12.2. The van der Waals surface area contributed by atoms with Crippen LogP contribution in [0.2, 0.25) is 0 Å². The second-order valence-electron chi connectivity index (χ2n) is 7.47. The van der Waals surface area contributed by atoms with Crippen LogP contribution in [0, 0.1) is 5.92 Å². The van der Waals surface area contributed by atoms with Gasteiger partial charge in [0.15, 0.2) is 0 Å². The minimum atomic E-state index is -0.318. The van der Waals surface area contributed by atoms with Crippen LogP contribution in [-0.4, -0.2) is 17.2 Å². The van der Waals surface area contributed by atoms with Crippen LogP contribution in [0.25, 0.3) is 17.2 Å². The first-order valence-electron chi connectivity index (χ1n) is 9.59. The summed E-state index contributed by atoms with van der Waals surface area (Å²) in [6.07, 6.45) is 10.6. The lowest BCUT2D eigenvalue weighted by Gasteiger charge is -2.26. The van der Waals surface area contributed by atoms with Gasteiger partial charge >= 0.3 is 5.97 Å². The van der Waals surface area contributed by atoms with Crippen molar-refractivity contribution >= 4 is 12.0 Å². The zero-order valence-electron chi connectivity index (χ0n) is 15.4. The van der Waals surface area contributed by atoms with Gasteiger partial charge in [-0.2, -0.15) is 0 Å². The Labute approximate surface area is 160 Å². The zero-order valence-corrected chi connectivity index (χ0v) is 15.4. The fourth-order valence-electron chi connectivity index (χ4n) is 4.18. The Hall–Kier alpha value is -2.81. The molecule has 3 nitrogen and oxygen atoms in total. The Kier molecular flexibility index (Phi) is 4.85. The molecule has 0 atom stereocenters. The molecule has 0 heterocycles. The van der Waals surface area contributed by atoms with Crippen LogP contribution < -0.4 is 0 Å². The quantitative estimate of drug-likeness (QED) is 0.510. The number of carbonyl (C=O) groups excluding carboxylic acids is 1. The molecule has 1 N–H and O–H groups in total. The van der Waals surface area contributed by atoms with E-state index in [0.717, 1.165) is 32.1 Å². The summed E-state index contributed by atoms with van der Waals surface area (Å²) < 4.78 is 5.34. The molecule has 27 heavy (non-hydrogen) atoms. The summed E-state index contributed by atoms with van der Waals surface area (Å²) in [5.41, 5.74) is 6.22. The first kappa shape index (κ1) is 17.6. The summed E-state index contributed by atoms with van der Waals surface area (Å²) >= 11 is 0. The van der Waals surface area contributed by atoms with Gasteiger partial charge in [-0.3, -0.25) is 0 Å². The Morgan fingerprint density at radius 3 is 2.48 bits per heavy atom. The van der Waals surface area contributed by atoms with Crippen molar-refractivity contribution in [2.75, 3.05) is 0 Å². The molecule has 0 saturated heterocycles. The lowest BCUT2D eigenvalue weighted by molar-refractivity contribution is -0.144. The van der Waals surface area contributed by atoms with Gasteiger partial charge in [0.2, 0.25) is 0 Å². The van der Waals surface area contributed by atoms with E-state index in [4.69, 9.17) is 4.74 Å². The molecule has 138 valence electrons. The van der Waals surface area contributed by atoms with E-state index in [-0.39, 0.29) is 12.1 Å². The molecule has 0 aromatic heterocycles. The number of hydrogen-bond donors (Lipinski definition) is 1. The molecule has 0 unspecified atom stereocenters. The molecular formula is C24H24O3. The monoisotopic (exact) mass is 360 g/mol. The van der Waals surface area contributed by atoms with Crippen molar-refractivity contribution in [1.29, 1.82) is 0 Å². The molecule has 0 bridgehead atoms. The van der Waals surface area contributed by atoms with Gasteiger partial charge in [0.25, 0.3) is 0 Å². The molecule has 4 rings (SSSR count). The van der Waals surface area contributed by atoms with Crippen molar-refractivity contribution in [3.8, 4) is 16.9 Å². The molecule has 1 fully saturated rings. The van der Waals surface area contributed by atoms with Crippen LogP contribution in [-0.2, 0) is 16.0 Å². The summed E-state index contributed by atoms with van der Waals surface area (Å²) in [5, 5.41) is 9.70. The number of carbonyl (C=O) groups is 1. The van der Waals surface area contributed by atoms with Gasteiger partial charge in [-0.15, -0.1) is 0 Å². The van der Waals surface area contributed by atoms with Gasteiger partial charge in [-0.1, -0.05) is 43.0 Å². The van der Waals surface area contributed by atoms with Gasteiger partial charge in [0.05, 0.1) is 0 Å². The van der Waals surface area contributed by atoms with Crippen LogP contribution in [0.3, 0.4) is 0 Å². The molecule has 1 saturated carbocycles. The molecule has 2 aromatic rings. The van der Waals surface area contributed by atoms with Gasteiger partial charge in [-0.25, -0.2) is 4.79 Å². The first-order valence-corrected chi connectivity index (χ1v) is 9.59. The number of esters is 1. The number of fused-ring (bicyclic) bond motifs is 3. The van der Waals surface area contributed by atoms with Crippen LogP contribution in [0.4, 0.5) is 0 Å². The van der Waals surface area contributed by atoms with Crippen molar-refractivity contribution in [2.24, 2.45) is 5.92 Å². The molecule has 2 aliphatic rings. The fraction of sp³-hybridized carbons (Fsp3) is 0.292. The summed E-state index contributed by atoms with van der Waals surface area (Å²) in [4.78, 5) is 11.3. The summed E-state index contributed by atoms with van der Waals surface area (Å²) in [7, 11) is 0. The Balaban J connectivity index is 1.39. The number of phenolic OH excluding ortho intramolecular Hbond substituents is 1. The van der Waals surface area contributed by atoms with Gasteiger partial charge in [0, 0.05) is 6.08 Å². The Morgan fingerprint density at radius 1 is 1.04 bits per heavy atom. The third-order valence-electron chi connectivity index (χ3n) is 5.62. The molecule has 0 radical (unpaired) electrons. The first-order chi connectivity index (χ1) is 13.1. The maximum atomic E-state index is 11.3. The van der Waals surface area contributed by atoms with Crippen LogP contribution in [0.15, 0.2) is 55.1 Å². The number of hydrogen-bond acceptors (Lipinski definition) is 3. The highest BCUT2D eigenvalue weighted by molar-refractivity contribution is 5.81. The lowest BCUT2D eigenvalue weighted by Crippen LogP contribution is -2.23. The Bertz CT molecular complexity index is 902. The minimum Gasteiger partial charge on any atom is -0.508 e. The smallest absolute Gasteiger partial charge is 0.330 e. The molecule has 2 aromatic carbocycles. The van der Waals surface area contributed by atoms with Crippen molar-refractivity contribution < 1.29 is 14.6 Å². The third kappa shape index (κ3) is 3.82. The molecule has 3 heteroatoms. The minimum absolute atomic E-state index is 0.0371. The van der Waals surface area contributed by atoms with Crippen LogP contribution >= 0.6 is 0 Å². The SMILES string of the molecule is C=CC(=O)OC1CCC(C=Cc2ccc3c(c2)Cc2cc(O)ccc2-3)CC1. The van der Waals surface area contributed by atoms with Gasteiger partial charge < -0.3 is 9.84 Å². The topological polar surface area (TPSA) is 46.5 Å². The van der Waals surface area contributed by atoms with Crippen molar-refractivity contribution in [1.82, 2.24) is 0 Å². The van der Waals surface area contributed by atoms with Gasteiger partial charge in [0.1, 0.15) is 11.9 Å². The van der Waals surface area contributed by atoms with Crippen molar-refractivity contribution in [3.63, 3.8) is 0 Å². The van der Waals surface area contributed by atoms with Crippen LogP contribution in [0.1, 0.15) is 42.4 Å². The highest BCUT2D eigenvalue weighted by Crippen LogP contribution is 2.38. The number of benzene rings is 2. The summed E-state index contributed by atoms with van der Waals surface area (Å²) in [5.74, 6) is 0.545. The molecule has 0 amide bonds. The lowest BCUT2D eigenvalue weighted by atomic mass is 9.86. The second-order valence-corrected chi connectivity index (χ2v) is 7.47. The summed E-state index contributed by atoms with van der Waals surface area (Å²) in [6.45, 7) is 3.45.